The van der Waals surface area contributed by atoms with Crippen LogP contribution in [0.15, 0.2) is 30.3 Å². The molecule has 0 spiro atoms. The number of ether oxygens (including phenoxy) is 1. The number of rotatable bonds is 3. The van der Waals surface area contributed by atoms with Crippen LogP contribution in [0.5, 0.6) is 5.75 Å². The van der Waals surface area contributed by atoms with Crippen molar-refractivity contribution >= 4 is 0 Å². The van der Waals surface area contributed by atoms with Crippen LogP contribution in [-0.4, -0.2) is 18.3 Å². The minimum absolute atomic E-state index is 0.0165. The van der Waals surface area contributed by atoms with Gasteiger partial charge in [0.2, 0.25) is 0 Å². The average Bonchev–Trinajstić information content (AvgIpc) is 2.04. The number of benzene rings is 1. The quantitative estimate of drug-likeness (QED) is 0.678. The summed E-state index contributed by atoms with van der Waals surface area (Å²) in [6.45, 7) is 0.319. The topological polar surface area (TPSA) is 29.5 Å². The molecule has 0 unspecified atom stereocenters. The fraction of sp³-hybridized carbons (Fsp3) is 0.250. The average molecular weight is 139 g/mol. The lowest BCUT2D eigenvalue weighted by Crippen LogP contribution is -2.00. The fourth-order valence-corrected chi connectivity index (χ4v) is 0.631. The van der Waals surface area contributed by atoms with Crippen LogP contribution < -0.4 is 4.74 Å². The van der Waals surface area contributed by atoms with E-state index in [4.69, 9.17) is 11.2 Å². The van der Waals surface area contributed by atoms with Gasteiger partial charge in [-0.05, 0) is 12.1 Å². The Hall–Kier alpha value is -1.02. The number of aliphatic hydroxyl groups excluding tert-OH is 1. The van der Waals surface area contributed by atoms with Crippen LogP contribution in [0.1, 0.15) is 1.37 Å². The number of hydrogen-bond acceptors (Lipinski definition) is 2. The first-order valence-electron chi connectivity index (χ1n) is 3.63. The molecule has 10 heavy (non-hydrogen) atoms. The van der Waals surface area contributed by atoms with Gasteiger partial charge in [0.05, 0.1) is 7.98 Å². The third-order valence-electron chi connectivity index (χ3n) is 1.05. The molecule has 54 valence electrons. The highest BCUT2D eigenvalue weighted by atomic mass is 16.5. The third kappa shape index (κ3) is 2.07. The highest BCUT2D eigenvalue weighted by Crippen LogP contribution is 2.06. The van der Waals surface area contributed by atoms with Crippen molar-refractivity contribution in [3.63, 3.8) is 0 Å². The van der Waals surface area contributed by atoms with E-state index in [0.717, 1.165) is 0 Å². The molecule has 0 radical (unpaired) electrons. The molecule has 2 nitrogen and oxygen atoms in total. The van der Waals surface area contributed by atoms with Gasteiger partial charge in [-0.2, -0.15) is 0 Å². The smallest absolute Gasteiger partial charge is 0.119 e. The zero-order valence-corrected chi connectivity index (χ0v) is 5.58. The monoisotopic (exact) mass is 139 g/mol. The van der Waals surface area contributed by atoms with Crippen molar-refractivity contribution in [1.82, 2.24) is 0 Å². The fourth-order valence-electron chi connectivity index (χ4n) is 0.631. The van der Waals surface area contributed by atoms with Gasteiger partial charge < -0.3 is 9.84 Å². The van der Waals surface area contributed by atoms with Crippen molar-refractivity contribution in [2.75, 3.05) is 13.2 Å². The van der Waals surface area contributed by atoms with Gasteiger partial charge >= 0.3 is 0 Å². The van der Waals surface area contributed by atoms with E-state index in [1.165, 1.54) is 0 Å². The summed E-state index contributed by atoms with van der Waals surface area (Å²) in [7, 11) is 0. The normalized spacial score (nSPS) is 10.7. The first-order valence-corrected chi connectivity index (χ1v) is 3.13. The summed E-state index contributed by atoms with van der Waals surface area (Å²) in [5.41, 5.74) is 0. The van der Waals surface area contributed by atoms with Crippen molar-refractivity contribution in [3.05, 3.63) is 30.3 Å². The van der Waals surface area contributed by atoms with E-state index in [-0.39, 0.29) is 6.61 Å². The molecule has 0 saturated carbocycles. The SMILES string of the molecule is [2H]c1ccc(OCCO)cc1. The standard InChI is InChI=1S/C8H10O2/c9-6-7-10-8-4-2-1-3-5-8/h1-5,9H,6-7H2/i1D. The second-order valence-electron chi connectivity index (χ2n) is 1.81. The minimum Gasteiger partial charge on any atom is -0.491 e. The number of aliphatic hydroxyl groups is 1. The molecule has 0 saturated heterocycles. The van der Waals surface area contributed by atoms with Crippen molar-refractivity contribution in [3.8, 4) is 5.75 Å². The van der Waals surface area contributed by atoms with Gasteiger partial charge in [0.15, 0.2) is 0 Å². The van der Waals surface area contributed by atoms with Crippen LogP contribution in [0, 0.1) is 0 Å². The first-order chi connectivity index (χ1) is 5.33. The van der Waals surface area contributed by atoms with E-state index < -0.39 is 0 Å². The summed E-state index contributed by atoms with van der Waals surface area (Å²) in [5.74, 6) is 0.690. The molecular weight excluding hydrogens is 128 g/mol. The largest absolute Gasteiger partial charge is 0.491 e. The summed E-state index contributed by atoms with van der Waals surface area (Å²) >= 11 is 0. The molecule has 0 amide bonds. The lowest BCUT2D eigenvalue weighted by atomic mass is 10.3. The van der Waals surface area contributed by atoms with Gasteiger partial charge in [0.25, 0.3) is 0 Å². The Kier molecular flexibility index (Phi) is 2.24. The van der Waals surface area contributed by atoms with Crippen LogP contribution in [0.25, 0.3) is 0 Å². The maximum Gasteiger partial charge on any atom is 0.119 e. The van der Waals surface area contributed by atoms with E-state index in [1.807, 2.05) is 0 Å². The lowest BCUT2D eigenvalue weighted by Gasteiger charge is -2.01. The van der Waals surface area contributed by atoms with Crippen LogP contribution in [0.4, 0.5) is 0 Å². The zero-order valence-electron chi connectivity index (χ0n) is 6.58. The Bertz CT molecular complexity index is 208. The molecule has 0 bridgehead atoms. The molecule has 0 aliphatic carbocycles. The Morgan fingerprint density at radius 2 is 2.20 bits per heavy atom. The summed E-state index contributed by atoms with van der Waals surface area (Å²) in [5, 5.41) is 8.42. The minimum atomic E-state index is 0.0165. The Balaban J connectivity index is 2.52. The molecule has 2 heteroatoms. The molecule has 1 rings (SSSR count). The maximum absolute atomic E-state index is 8.42. The molecule has 0 aliphatic rings. The van der Waals surface area contributed by atoms with E-state index in [0.29, 0.717) is 18.4 Å². The second kappa shape index (κ2) is 3.90. The van der Waals surface area contributed by atoms with Crippen molar-refractivity contribution in [1.29, 1.82) is 0 Å². The highest BCUT2D eigenvalue weighted by Gasteiger charge is 1.86. The maximum atomic E-state index is 8.42. The van der Waals surface area contributed by atoms with Gasteiger partial charge in [0, 0.05) is 0 Å². The van der Waals surface area contributed by atoms with Crippen molar-refractivity contribution < 1.29 is 11.2 Å². The molecule has 0 atom stereocenters. The van der Waals surface area contributed by atoms with Gasteiger partial charge in [0.1, 0.15) is 12.4 Å². The predicted octanol–water partition coefficient (Wildman–Crippen LogP) is 1.06. The summed E-state index contributed by atoms with van der Waals surface area (Å²) in [4.78, 5) is 0. The van der Waals surface area contributed by atoms with Crippen LogP contribution in [0.2, 0.25) is 0 Å². The molecule has 1 aromatic carbocycles. The Morgan fingerprint density at radius 1 is 1.50 bits per heavy atom. The van der Waals surface area contributed by atoms with E-state index in [2.05, 4.69) is 0 Å². The van der Waals surface area contributed by atoms with Crippen LogP contribution in [0.3, 0.4) is 0 Å². The lowest BCUT2D eigenvalue weighted by molar-refractivity contribution is 0.201. The Labute approximate surface area is 61.5 Å². The summed E-state index contributed by atoms with van der Waals surface area (Å²) in [6.07, 6.45) is 0. The van der Waals surface area contributed by atoms with Gasteiger partial charge in [-0.25, -0.2) is 0 Å². The summed E-state index contributed by atoms with van der Waals surface area (Å²) in [6, 6.07) is 7.16. The molecule has 0 aromatic heterocycles. The van der Waals surface area contributed by atoms with Crippen molar-refractivity contribution in [2.24, 2.45) is 0 Å². The number of para-hydroxylation sites is 1. The van der Waals surface area contributed by atoms with Crippen molar-refractivity contribution in [2.45, 2.75) is 0 Å². The van der Waals surface area contributed by atoms with E-state index >= 15 is 0 Å². The third-order valence-corrected chi connectivity index (χ3v) is 1.05. The zero-order chi connectivity index (χ0) is 8.10. The summed E-state index contributed by atoms with van der Waals surface area (Å²) < 4.78 is 12.2. The van der Waals surface area contributed by atoms with E-state index in [1.54, 1.807) is 24.3 Å². The predicted molar refractivity (Wildman–Crippen MR) is 39.0 cm³/mol. The molecule has 0 heterocycles. The first kappa shape index (κ1) is 5.74. The second-order valence-corrected chi connectivity index (χ2v) is 1.81. The van der Waals surface area contributed by atoms with E-state index in [9.17, 15) is 0 Å². The highest BCUT2D eigenvalue weighted by molar-refractivity contribution is 5.20. The molecular formula is C8H10O2. The van der Waals surface area contributed by atoms with Crippen LogP contribution in [-0.2, 0) is 0 Å². The molecule has 0 aliphatic heterocycles. The Morgan fingerprint density at radius 3 is 2.80 bits per heavy atom. The van der Waals surface area contributed by atoms with Gasteiger partial charge in [-0.3, -0.25) is 0 Å². The molecule has 1 aromatic rings. The van der Waals surface area contributed by atoms with Crippen LogP contribution >= 0.6 is 0 Å². The van der Waals surface area contributed by atoms with Gasteiger partial charge in [-0.1, -0.05) is 18.2 Å². The molecule has 1 N–H and O–H groups in total. The molecule has 0 fully saturated rings. The number of hydrogen-bond donors (Lipinski definition) is 1. The van der Waals surface area contributed by atoms with Gasteiger partial charge in [-0.15, -0.1) is 0 Å².